The maximum Gasteiger partial charge on any atom is 0.257 e. The maximum absolute atomic E-state index is 12.5. The number of hydrogen-bond donors (Lipinski definition) is 1. The summed E-state index contributed by atoms with van der Waals surface area (Å²) in [6.45, 7) is 0. The minimum absolute atomic E-state index is 0.0312. The largest absolute Gasteiger partial charge is 0.457 e. The van der Waals surface area contributed by atoms with E-state index < -0.39 is 15.7 Å². The van der Waals surface area contributed by atoms with Crippen LogP contribution in [0.2, 0.25) is 5.02 Å². The summed E-state index contributed by atoms with van der Waals surface area (Å²) in [5.41, 5.74) is 0.616. The molecule has 5 nitrogen and oxygen atoms in total. The molecule has 3 aromatic carbocycles. The summed E-state index contributed by atoms with van der Waals surface area (Å²) in [6.07, 6.45) is 1.07. The fourth-order valence-corrected chi connectivity index (χ4v) is 3.19. The number of ether oxygens (including phenoxy) is 1. The lowest BCUT2D eigenvalue weighted by Gasteiger charge is -2.10. The fourth-order valence-electron chi connectivity index (χ4n) is 2.34. The van der Waals surface area contributed by atoms with Crippen molar-refractivity contribution < 1.29 is 17.9 Å². The molecule has 3 aromatic rings. The average Bonchev–Trinajstić information content (AvgIpc) is 2.63. The van der Waals surface area contributed by atoms with E-state index >= 15 is 0 Å². The van der Waals surface area contributed by atoms with Crippen molar-refractivity contribution in [2.24, 2.45) is 0 Å². The number of carbonyl (C=O) groups is 1. The van der Waals surface area contributed by atoms with Gasteiger partial charge in [-0.15, -0.1) is 0 Å². The Hall–Kier alpha value is -2.83. The fraction of sp³-hybridized carbons (Fsp3) is 0.0500. The lowest BCUT2D eigenvalue weighted by molar-refractivity contribution is 0.102. The Balaban J connectivity index is 1.75. The van der Waals surface area contributed by atoms with Crippen LogP contribution in [0.1, 0.15) is 10.4 Å². The molecular weight excluding hydrogens is 386 g/mol. The van der Waals surface area contributed by atoms with Gasteiger partial charge in [0.05, 0.1) is 15.5 Å². The molecule has 0 fully saturated rings. The van der Waals surface area contributed by atoms with Crippen molar-refractivity contribution >= 4 is 33.0 Å². The molecule has 1 N–H and O–H groups in total. The monoisotopic (exact) mass is 401 g/mol. The second-order valence-electron chi connectivity index (χ2n) is 5.81. The van der Waals surface area contributed by atoms with Crippen LogP contribution in [0.3, 0.4) is 0 Å². The maximum atomic E-state index is 12.5. The second kappa shape index (κ2) is 7.82. The van der Waals surface area contributed by atoms with E-state index in [-0.39, 0.29) is 15.5 Å². The van der Waals surface area contributed by atoms with Crippen LogP contribution in [0.15, 0.2) is 77.7 Å². The first kappa shape index (κ1) is 18.9. The van der Waals surface area contributed by atoms with E-state index in [9.17, 15) is 13.2 Å². The normalized spacial score (nSPS) is 11.0. The first-order valence-corrected chi connectivity index (χ1v) is 10.2. The van der Waals surface area contributed by atoms with Crippen LogP contribution in [0.4, 0.5) is 5.69 Å². The lowest BCUT2D eigenvalue weighted by Crippen LogP contribution is -2.13. The molecule has 0 bridgehead atoms. The molecule has 1 amide bonds. The predicted molar refractivity (Wildman–Crippen MR) is 105 cm³/mol. The highest BCUT2D eigenvalue weighted by Crippen LogP contribution is 2.24. The Labute approximate surface area is 162 Å². The van der Waals surface area contributed by atoms with Crippen LogP contribution in [-0.2, 0) is 9.84 Å². The van der Waals surface area contributed by atoms with E-state index in [0.29, 0.717) is 17.2 Å². The van der Waals surface area contributed by atoms with Crippen LogP contribution in [0.25, 0.3) is 0 Å². The third-order valence-electron chi connectivity index (χ3n) is 3.70. The van der Waals surface area contributed by atoms with Gasteiger partial charge in [0.25, 0.3) is 5.91 Å². The molecule has 0 saturated carbocycles. The average molecular weight is 402 g/mol. The first-order valence-electron chi connectivity index (χ1n) is 7.97. The number of benzene rings is 3. The van der Waals surface area contributed by atoms with Crippen LogP contribution < -0.4 is 10.1 Å². The third kappa shape index (κ3) is 4.87. The second-order valence-corrected chi connectivity index (χ2v) is 8.23. The quantitative estimate of drug-likeness (QED) is 0.667. The standard InChI is InChI=1S/C20H16ClNO4S/c1-27(24,25)17-11-12-19(21)18(13-17)20(23)22-14-7-9-16(10-8-14)26-15-5-3-2-4-6-15/h2-13H,1H3,(H,22,23). The zero-order valence-electron chi connectivity index (χ0n) is 14.3. The van der Waals surface area contributed by atoms with Gasteiger partial charge in [-0.2, -0.15) is 0 Å². The Kier molecular flexibility index (Phi) is 5.48. The molecule has 27 heavy (non-hydrogen) atoms. The number of amides is 1. The lowest BCUT2D eigenvalue weighted by atomic mass is 10.2. The van der Waals surface area contributed by atoms with Crippen molar-refractivity contribution in [1.82, 2.24) is 0 Å². The van der Waals surface area contributed by atoms with Crippen molar-refractivity contribution in [2.75, 3.05) is 11.6 Å². The van der Waals surface area contributed by atoms with E-state index in [1.165, 1.54) is 18.2 Å². The molecule has 0 spiro atoms. The van der Waals surface area contributed by atoms with Gasteiger partial charge in [-0.05, 0) is 54.6 Å². The molecule has 0 radical (unpaired) electrons. The van der Waals surface area contributed by atoms with E-state index in [1.807, 2.05) is 30.3 Å². The van der Waals surface area contributed by atoms with Gasteiger partial charge in [-0.25, -0.2) is 8.42 Å². The molecule has 0 aliphatic rings. The summed E-state index contributed by atoms with van der Waals surface area (Å²) < 4.78 is 29.0. The molecule has 0 aromatic heterocycles. The van der Waals surface area contributed by atoms with Crippen LogP contribution in [0.5, 0.6) is 11.5 Å². The highest BCUT2D eigenvalue weighted by molar-refractivity contribution is 7.90. The summed E-state index contributed by atoms with van der Waals surface area (Å²) in [4.78, 5) is 12.5. The van der Waals surface area contributed by atoms with Crippen molar-refractivity contribution in [3.63, 3.8) is 0 Å². The van der Waals surface area contributed by atoms with E-state index in [1.54, 1.807) is 24.3 Å². The molecule has 3 rings (SSSR count). The number of anilines is 1. The molecule has 7 heteroatoms. The highest BCUT2D eigenvalue weighted by atomic mass is 35.5. The Morgan fingerprint density at radius 2 is 1.56 bits per heavy atom. The number of halogens is 1. The van der Waals surface area contributed by atoms with Crippen molar-refractivity contribution in [2.45, 2.75) is 4.90 Å². The number of carbonyl (C=O) groups excluding carboxylic acids is 1. The van der Waals surface area contributed by atoms with Gasteiger partial charge in [-0.1, -0.05) is 29.8 Å². The zero-order chi connectivity index (χ0) is 19.4. The van der Waals surface area contributed by atoms with Gasteiger partial charge in [-0.3, -0.25) is 4.79 Å². The van der Waals surface area contributed by atoms with Gasteiger partial charge in [0.15, 0.2) is 9.84 Å². The molecule has 0 heterocycles. The van der Waals surface area contributed by atoms with E-state index in [4.69, 9.17) is 16.3 Å². The van der Waals surface area contributed by atoms with Gasteiger partial charge in [0.1, 0.15) is 11.5 Å². The molecule has 0 unspecified atom stereocenters. The molecule has 0 aliphatic heterocycles. The molecule has 138 valence electrons. The molecule has 0 atom stereocenters. The number of hydrogen-bond acceptors (Lipinski definition) is 4. The van der Waals surface area contributed by atoms with Crippen LogP contribution in [-0.4, -0.2) is 20.6 Å². The zero-order valence-corrected chi connectivity index (χ0v) is 15.9. The number of sulfone groups is 1. The Bertz CT molecular complexity index is 1060. The van der Waals surface area contributed by atoms with E-state index in [2.05, 4.69) is 5.32 Å². The highest BCUT2D eigenvalue weighted by Gasteiger charge is 2.15. The van der Waals surface area contributed by atoms with Gasteiger partial charge in [0, 0.05) is 11.9 Å². The SMILES string of the molecule is CS(=O)(=O)c1ccc(Cl)c(C(=O)Nc2ccc(Oc3ccccc3)cc2)c1. The Morgan fingerprint density at radius 3 is 2.19 bits per heavy atom. The smallest absolute Gasteiger partial charge is 0.257 e. The van der Waals surface area contributed by atoms with Crippen molar-refractivity contribution in [3.8, 4) is 11.5 Å². The minimum atomic E-state index is -3.44. The number of rotatable bonds is 5. The first-order chi connectivity index (χ1) is 12.8. The minimum Gasteiger partial charge on any atom is -0.457 e. The number of para-hydroxylation sites is 1. The van der Waals surface area contributed by atoms with Gasteiger partial charge >= 0.3 is 0 Å². The summed E-state index contributed by atoms with van der Waals surface area (Å²) >= 11 is 6.05. The summed E-state index contributed by atoms with van der Waals surface area (Å²) in [6, 6.07) is 20.2. The molecular formula is C20H16ClNO4S. The molecule has 0 aliphatic carbocycles. The number of nitrogens with one attached hydrogen (secondary N) is 1. The van der Waals surface area contributed by atoms with Crippen LogP contribution in [0, 0.1) is 0 Å². The summed E-state index contributed by atoms with van der Waals surface area (Å²) in [5, 5.41) is 2.87. The summed E-state index contributed by atoms with van der Waals surface area (Å²) in [7, 11) is -3.44. The Morgan fingerprint density at radius 1 is 0.926 bits per heavy atom. The predicted octanol–water partition coefficient (Wildman–Crippen LogP) is 4.79. The van der Waals surface area contributed by atoms with E-state index in [0.717, 1.165) is 6.26 Å². The van der Waals surface area contributed by atoms with Crippen molar-refractivity contribution in [3.05, 3.63) is 83.4 Å². The topological polar surface area (TPSA) is 72.5 Å². The third-order valence-corrected chi connectivity index (χ3v) is 5.14. The van der Waals surface area contributed by atoms with Crippen LogP contribution >= 0.6 is 11.6 Å². The van der Waals surface area contributed by atoms with Crippen molar-refractivity contribution in [1.29, 1.82) is 0 Å². The van der Waals surface area contributed by atoms with Gasteiger partial charge in [0.2, 0.25) is 0 Å². The summed E-state index contributed by atoms with van der Waals surface area (Å²) in [5.74, 6) is 0.831. The molecule has 0 saturated heterocycles. The van der Waals surface area contributed by atoms with Gasteiger partial charge < -0.3 is 10.1 Å².